The van der Waals surface area contributed by atoms with Gasteiger partial charge in [0.1, 0.15) is 0 Å². The quantitative estimate of drug-likeness (QED) is 0.743. The Kier molecular flexibility index (Phi) is 2.18. The Balaban J connectivity index is 3.12. The van der Waals surface area contributed by atoms with Gasteiger partial charge in [-0.05, 0) is 22.0 Å². The van der Waals surface area contributed by atoms with E-state index < -0.39 is 23.0 Å². The zero-order chi connectivity index (χ0) is 11.2. The number of hydrogen-bond donors (Lipinski definition) is 1. The first-order valence-electron chi connectivity index (χ1n) is 3.71. The summed E-state index contributed by atoms with van der Waals surface area (Å²) in [6.07, 6.45) is 0. The zero-order valence-corrected chi connectivity index (χ0v) is 8.52. The molecule has 0 saturated heterocycles. The highest BCUT2D eigenvalue weighted by molar-refractivity contribution is 9.10. The van der Waals surface area contributed by atoms with Gasteiger partial charge in [-0.2, -0.15) is 0 Å². The minimum absolute atomic E-state index is 0.129. The van der Waals surface area contributed by atoms with Gasteiger partial charge in [-0.1, -0.05) is 0 Å². The van der Waals surface area contributed by atoms with Crippen molar-refractivity contribution in [3.05, 3.63) is 43.1 Å². The molecule has 0 bridgehead atoms. The number of fused-ring (bicyclic) bond motifs is 1. The lowest BCUT2D eigenvalue weighted by molar-refractivity contribution is 0.457. The highest BCUT2D eigenvalue weighted by Crippen LogP contribution is 2.24. The number of benzene rings is 1. The predicted octanol–water partition coefficient (Wildman–Crippen LogP) is 1.52. The summed E-state index contributed by atoms with van der Waals surface area (Å²) in [5.74, 6) is -3.41. The summed E-state index contributed by atoms with van der Waals surface area (Å²) in [6.45, 7) is 0. The summed E-state index contributed by atoms with van der Waals surface area (Å²) in [4.78, 5) is 24.0. The van der Waals surface area contributed by atoms with E-state index in [0.29, 0.717) is 6.07 Å². The SMILES string of the molecule is O=c1[nH]c2c(Br)c(F)c(F)cc2c(=O)o1. The standard InChI is InChI=1S/C8H2BrF2NO3/c9-4-5(11)3(10)1-2-6(4)12-8(14)15-7(2)13/h1H,(H,12,14). The molecule has 0 unspecified atom stereocenters. The Hall–Kier alpha value is -1.50. The van der Waals surface area contributed by atoms with Crippen LogP contribution in [0.1, 0.15) is 0 Å². The summed E-state index contributed by atoms with van der Waals surface area (Å²) >= 11 is 2.73. The molecule has 15 heavy (non-hydrogen) atoms. The molecule has 4 nitrogen and oxygen atoms in total. The van der Waals surface area contributed by atoms with Crippen LogP contribution in [0.5, 0.6) is 0 Å². The van der Waals surface area contributed by atoms with Gasteiger partial charge < -0.3 is 4.42 Å². The van der Waals surface area contributed by atoms with Gasteiger partial charge in [0, 0.05) is 0 Å². The van der Waals surface area contributed by atoms with E-state index in [-0.39, 0.29) is 15.4 Å². The first-order valence-corrected chi connectivity index (χ1v) is 4.50. The number of hydrogen-bond acceptors (Lipinski definition) is 3. The topological polar surface area (TPSA) is 63.1 Å². The molecular weight excluding hydrogens is 276 g/mol. The van der Waals surface area contributed by atoms with Crippen LogP contribution >= 0.6 is 15.9 Å². The van der Waals surface area contributed by atoms with Crippen molar-refractivity contribution in [2.75, 3.05) is 0 Å². The largest absolute Gasteiger partial charge is 0.419 e. The fourth-order valence-electron chi connectivity index (χ4n) is 1.15. The van der Waals surface area contributed by atoms with E-state index in [1.807, 2.05) is 0 Å². The fraction of sp³-hybridized carbons (Fsp3) is 0. The van der Waals surface area contributed by atoms with Crippen LogP contribution in [0.25, 0.3) is 10.9 Å². The molecule has 0 aliphatic rings. The highest BCUT2D eigenvalue weighted by Gasteiger charge is 2.15. The molecule has 0 atom stereocenters. The molecule has 1 heterocycles. The van der Waals surface area contributed by atoms with Crippen LogP contribution < -0.4 is 11.4 Å². The summed E-state index contributed by atoms with van der Waals surface area (Å²) < 4.78 is 29.8. The minimum atomic E-state index is -1.20. The molecule has 2 rings (SSSR count). The van der Waals surface area contributed by atoms with Crippen molar-refractivity contribution in [2.24, 2.45) is 0 Å². The molecule has 0 spiro atoms. The monoisotopic (exact) mass is 277 g/mol. The van der Waals surface area contributed by atoms with Crippen molar-refractivity contribution in [2.45, 2.75) is 0 Å². The number of aromatic amines is 1. The van der Waals surface area contributed by atoms with Gasteiger partial charge in [0.05, 0.1) is 15.4 Å². The predicted molar refractivity (Wildman–Crippen MR) is 50.7 cm³/mol. The van der Waals surface area contributed by atoms with Crippen LogP contribution in [0.4, 0.5) is 8.78 Å². The Morgan fingerprint density at radius 2 is 2.00 bits per heavy atom. The maximum absolute atomic E-state index is 13.0. The van der Waals surface area contributed by atoms with Crippen molar-refractivity contribution >= 4 is 26.8 Å². The lowest BCUT2D eigenvalue weighted by atomic mass is 10.2. The molecule has 0 radical (unpaired) electrons. The summed E-state index contributed by atoms with van der Waals surface area (Å²) in [6, 6.07) is 0.664. The third-order valence-corrected chi connectivity index (χ3v) is 2.54. The molecular formula is C8H2BrF2NO3. The summed E-state index contributed by atoms with van der Waals surface area (Å²) in [5, 5.41) is -0.236. The number of halogens is 3. The third kappa shape index (κ3) is 1.48. The van der Waals surface area contributed by atoms with Gasteiger partial charge >= 0.3 is 11.4 Å². The van der Waals surface area contributed by atoms with Gasteiger partial charge in [0.2, 0.25) is 0 Å². The average molecular weight is 278 g/mol. The smallest absolute Gasteiger partial charge is 0.372 e. The number of H-pyrrole nitrogens is 1. The molecule has 1 N–H and O–H groups in total. The van der Waals surface area contributed by atoms with Crippen LogP contribution in [0.15, 0.2) is 24.5 Å². The van der Waals surface area contributed by atoms with Crippen molar-refractivity contribution in [1.82, 2.24) is 4.98 Å². The fourth-order valence-corrected chi connectivity index (χ4v) is 1.65. The molecule has 78 valence electrons. The molecule has 0 aliphatic carbocycles. The second-order valence-corrected chi connectivity index (χ2v) is 3.50. The van der Waals surface area contributed by atoms with E-state index in [1.54, 1.807) is 0 Å². The second-order valence-electron chi connectivity index (χ2n) is 2.71. The van der Waals surface area contributed by atoms with Crippen LogP contribution in [0.2, 0.25) is 0 Å². The summed E-state index contributed by atoms with van der Waals surface area (Å²) in [5.41, 5.74) is -1.15. The number of rotatable bonds is 0. The van der Waals surface area contributed by atoms with E-state index in [2.05, 4.69) is 25.3 Å². The minimum Gasteiger partial charge on any atom is -0.372 e. The van der Waals surface area contributed by atoms with Crippen molar-refractivity contribution < 1.29 is 13.2 Å². The van der Waals surface area contributed by atoms with Crippen molar-refractivity contribution in [3.63, 3.8) is 0 Å². The van der Waals surface area contributed by atoms with Crippen LogP contribution in [-0.4, -0.2) is 4.98 Å². The molecule has 1 aromatic carbocycles. The van der Waals surface area contributed by atoms with Gasteiger partial charge in [-0.15, -0.1) is 0 Å². The van der Waals surface area contributed by atoms with Crippen LogP contribution in [0.3, 0.4) is 0 Å². The molecule has 7 heteroatoms. The van der Waals surface area contributed by atoms with Gasteiger partial charge in [0.15, 0.2) is 11.6 Å². The van der Waals surface area contributed by atoms with Crippen LogP contribution in [-0.2, 0) is 0 Å². The first kappa shape index (κ1) is 10.0. The van der Waals surface area contributed by atoms with Gasteiger partial charge in [-0.3, -0.25) is 4.98 Å². The van der Waals surface area contributed by atoms with Gasteiger partial charge in [-0.25, -0.2) is 18.4 Å². The van der Waals surface area contributed by atoms with Crippen molar-refractivity contribution in [1.29, 1.82) is 0 Å². The van der Waals surface area contributed by atoms with E-state index in [1.165, 1.54) is 0 Å². The summed E-state index contributed by atoms with van der Waals surface area (Å²) in [7, 11) is 0. The molecule has 0 aliphatic heterocycles. The average Bonchev–Trinajstić information content (AvgIpc) is 2.17. The highest BCUT2D eigenvalue weighted by atomic mass is 79.9. The Morgan fingerprint density at radius 3 is 2.67 bits per heavy atom. The molecule has 2 aromatic rings. The van der Waals surface area contributed by atoms with Crippen molar-refractivity contribution in [3.8, 4) is 0 Å². The van der Waals surface area contributed by atoms with E-state index >= 15 is 0 Å². The van der Waals surface area contributed by atoms with Gasteiger partial charge in [0.25, 0.3) is 0 Å². The zero-order valence-electron chi connectivity index (χ0n) is 6.94. The van der Waals surface area contributed by atoms with E-state index in [4.69, 9.17) is 0 Å². The number of nitrogens with one attached hydrogen (secondary N) is 1. The second kappa shape index (κ2) is 3.27. The van der Waals surface area contributed by atoms with Crippen LogP contribution in [0, 0.1) is 11.6 Å². The maximum atomic E-state index is 13.0. The molecule has 1 aromatic heterocycles. The first-order chi connectivity index (χ1) is 7.00. The molecule has 0 saturated carbocycles. The van der Waals surface area contributed by atoms with E-state index in [0.717, 1.165) is 0 Å². The lowest BCUT2D eigenvalue weighted by Crippen LogP contribution is -2.15. The lowest BCUT2D eigenvalue weighted by Gasteiger charge is -2.00. The Bertz CT molecular complexity index is 661. The molecule has 0 amide bonds. The van der Waals surface area contributed by atoms with E-state index in [9.17, 15) is 18.4 Å². The molecule has 0 fully saturated rings. The normalized spacial score (nSPS) is 10.9. The Morgan fingerprint density at radius 1 is 1.33 bits per heavy atom. The maximum Gasteiger partial charge on any atom is 0.419 e. The third-order valence-electron chi connectivity index (χ3n) is 1.79. The Labute approximate surface area is 88.7 Å². The number of aromatic nitrogens is 1.